The monoisotopic (exact) mass is 425 g/mol. The van der Waals surface area contributed by atoms with Crippen LogP contribution in [0.2, 0.25) is 5.02 Å². The Hall–Kier alpha value is -2.62. The fourth-order valence-corrected chi connectivity index (χ4v) is 4.25. The lowest BCUT2D eigenvalue weighted by molar-refractivity contribution is -0.140. The van der Waals surface area contributed by atoms with Crippen LogP contribution in [0.1, 0.15) is 9.67 Å². The van der Waals surface area contributed by atoms with Crippen molar-refractivity contribution in [2.75, 3.05) is 39.6 Å². The highest BCUT2D eigenvalue weighted by atomic mass is 35.5. The number of carbonyl (C=O) groups excluding carboxylic acids is 3. The highest BCUT2D eigenvalue weighted by Crippen LogP contribution is 2.39. The molecule has 28 heavy (non-hydrogen) atoms. The second-order valence-corrected chi connectivity index (χ2v) is 7.06. The number of methoxy groups -OCH3 is 3. The molecule has 0 radical (unpaired) electrons. The van der Waals surface area contributed by atoms with E-state index < -0.39 is 17.9 Å². The summed E-state index contributed by atoms with van der Waals surface area (Å²) >= 11 is 7.44. The summed E-state index contributed by atoms with van der Waals surface area (Å²) in [5.74, 6) is -1.90. The minimum absolute atomic E-state index is 0.0272. The minimum atomic E-state index is -0.691. The molecule has 148 valence electrons. The number of halogens is 1. The Bertz CT molecular complexity index is 997. The summed E-state index contributed by atoms with van der Waals surface area (Å²) in [4.78, 5) is 38.1. The van der Waals surface area contributed by atoms with Crippen molar-refractivity contribution in [3.63, 3.8) is 0 Å². The van der Waals surface area contributed by atoms with Crippen molar-refractivity contribution in [1.29, 1.82) is 0 Å². The number of ether oxygens (including phenoxy) is 4. The topological polar surface area (TPSA) is 91.4 Å². The number of carbonyl (C=O) groups is 3. The van der Waals surface area contributed by atoms with Gasteiger partial charge in [0.1, 0.15) is 17.3 Å². The number of rotatable bonds is 4. The first-order chi connectivity index (χ1) is 13.4. The largest absolute Gasteiger partial charge is 0.466 e. The molecule has 1 aliphatic rings. The van der Waals surface area contributed by atoms with Gasteiger partial charge in [-0.25, -0.2) is 14.4 Å². The van der Waals surface area contributed by atoms with Crippen molar-refractivity contribution in [3.05, 3.63) is 39.4 Å². The van der Waals surface area contributed by atoms with Crippen LogP contribution in [0, 0.1) is 0 Å². The van der Waals surface area contributed by atoms with Gasteiger partial charge in [-0.2, -0.15) is 0 Å². The predicted octanol–water partition coefficient (Wildman–Crippen LogP) is 2.74. The maximum atomic E-state index is 12.4. The summed E-state index contributed by atoms with van der Waals surface area (Å²) in [6, 6.07) is 5.16. The van der Waals surface area contributed by atoms with Gasteiger partial charge in [-0.15, -0.1) is 11.3 Å². The van der Waals surface area contributed by atoms with E-state index in [9.17, 15) is 14.4 Å². The Morgan fingerprint density at radius 3 is 2.39 bits per heavy atom. The van der Waals surface area contributed by atoms with E-state index in [0.29, 0.717) is 20.8 Å². The van der Waals surface area contributed by atoms with Crippen LogP contribution in [0.15, 0.2) is 29.5 Å². The summed E-state index contributed by atoms with van der Waals surface area (Å²) in [6.45, 7) is -0.0490. The minimum Gasteiger partial charge on any atom is -0.466 e. The molecular weight excluding hydrogens is 410 g/mol. The molecule has 0 bridgehead atoms. The van der Waals surface area contributed by atoms with Crippen LogP contribution in [0.5, 0.6) is 0 Å². The molecule has 10 heteroatoms. The van der Waals surface area contributed by atoms with Crippen LogP contribution in [0.25, 0.3) is 10.1 Å². The molecule has 1 aliphatic heterocycles. The van der Waals surface area contributed by atoms with Crippen LogP contribution in [0.4, 0.5) is 5.69 Å². The first-order valence-electron chi connectivity index (χ1n) is 7.98. The molecule has 0 aliphatic carbocycles. The smallest absolute Gasteiger partial charge is 0.355 e. The molecule has 0 N–H and O–H groups in total. The van der Waals surface area contributed by atoms with Crippen LogP contribution >= 0.6 is 22.9 Å². The Kier molecular flexibility index (Phi) is 5.87. The third-order valence-corrected chi connectivity index (χ3v) is 5.77. The van der Waals surface area contributed by atoms with Crippen molar-refractivity contribution in [2.24, 2.45) is 0 Å². The number of hydrogen-bond donors (Lipinski definition) is 0. The Balaban J connectivity index is 2.12. The van der Waals surface area contributed by atoms with Crippen molar-refractivity contribution in [3.8, 4) is 0 Å². The molecule has 2 heterocycles. The number of hydrogen-bond acceptors (Lipinski definition) is 9. The molecule has 0 saturated heterocycles. The van der Waals surface area contributed by atoms with E-state index in [-0.39, 0.29) is 29.5 Å². The first-order valence-corrected chi connectivity index (χ1v) is 9.17. The van der Waals surface area contributed by atoms with Crippen LogP contribution < -0.4 is 4.90 Å². The fraction of sp³-hybridized carbons (Fsp3) is 0.278. The van der Waals surface area contributed by atoms with Crippen LogP contribution in [0.3, 0.4) is 0 Å². The van der Waals surface area contributed by atoms with Gasteiger partial charge in [-0.3, -0.25) is 0 Å². The number of anilines is 1. The van der Waals surface area contributed by atoms with E-state index in [1.807, 2.05) is 0 Å². The van der Waals surface area contributed by atoms with E-state index in [4.69, 9.17) is 30.5 Å². The molecule has 0 saturated carbocycles. The van der Waals surface area contributed by atoms with Gasteiger partial charge in [0.25, 0.3) is 0 Å². The lowest BCUT2D eigenvalue weighted by Gasteiger charge is -2.31. The molecule has 0 unspecified atom stereocenters. The highest BCUT2D eigenvalue weighted by molar-refractivity contribution is 7.21. The van der Waals surface area contributed by atoms with Crippen LogP contribution in [-0.2, 0) is 28.5 Å². The van der Waals surface area contributed by atoms with E-state index >= 15 is 0 Å². The van der Waals surface area contributed by atoms with Gasteiger partial charge in [0.15, 0.2) is 0 Å². The molecule has 0 atom stereocenters. The van der Waals surface area contributed by atoms with E-state index in [1.54, 1.807) is 18.2 Å². The number of nitrogens with zero attached hydrogens (tertiary/aromatic N) is 1. The van der Waals surface area contributed by atoms with E-state index in [2.05, 4.69) is 0 Å². The standard InChI is InChI=1S/C18H16ClNO7S/c1-24-16(21)11-7-27-8-20(14(11)17(22)25-2)9-4-5-10-12(6-9)28-15(13(10)19)18(23)26-3/h4-6H,7-8H2,1-3H3. The lowest BCUT2D eigenvalue weighted by atomic mass is 10.1. The number of esters is 3. The summed E-state index contributed by atoms with van der Waals surface area (Å²) in [5, 5.41) is 0.970. The van der Waals surface area contributed by atoms with E-state index in [0.717, 1.165) is 11.3 Å². The van der Waals surface area contributed by atoms with Crippen molar-refractivity contribution < 1.29 is 33.3 Å². The van der Waals surface area contributed by atoms with Crippen molar-refractivity contribution in [1.82, 2.24) is 0 Å². The van der Waals surface area contributed by atoms with Gasteiger partial charge in [0.05, 0.1) is 38.5 Å². The maximum Gasteiger partial charge on any atom is 0.355 e. The van der Waals surface area contributed by atoms with Crippen LogP contribution in [-0.4, -0.2) is 52.6 Å². The first kappa shape index (κ1) is 20.1. The molecule has 1 aromatic carbocycles. The highest BCUT2D eigenvalue weighted by Gasteiger charge is 2.32. The van der Waals surface area contributed by atoms with E-state index in [1.165, 1.54) is 26.2 Å². The molecule has 8 nitrogen and oxygen atoms in total. The van der Waals surface area contributed by atoms with Gasteiger partial charge in [-0.1, -0.05) is 11.6 Å². The molecular formula is C18H16ClNO7S. The zero-order valence-electron chi connectivity index (χ0n) is 15.2. The fourth-order valence-electron chi connectivity index (χ4n) is 2.79. The van der Waals surface area contributed by atoms with Gasteiger partial charge in [-0.05, 0) is 18.2 Å². The average molecular weight is 426 g/mol. The molecule has 0 fully saturated rings. The molecule has 1 aromatic heterocycles. The normalized spacial score (nSPS) is 14.2. The predicted molar refractivity (Wildman–Crippen MR) is 103 cm³/mol. The third kappa shape index (κ3) is 3.44. The number of fused-ring (bicyclic) bond motifs is 1. The molecule has 0 spiro atoms. The zero-order chi connectivity index (χ0) is 20.4. The second-order valence-electron chi connectivity index (χ2n) is 5.63. The Morgan fingerprint density at radius 1 is 1.07 bits per heavy atom. The second kappa shape index (κ2) is 8.17. The molecule has 0 amide bonds. The summed E-state index contributed by atoms with van der Waals surface area (Å²) in [5.41, 5.74) is 0.652. The summed E-state index contributed by atoms with van der Waals surface area (Å²) in [7, 11) is 3.72. The van der Waals surface area contributed by atoms with Gasteiger partial charge in [0.2, 0.25) is 0 Å². The number of thiophene rings is 1. The van der Waals surface area contributed by atoms with Crippen molar-refractivity contribution >= 4 is 56.6 Å². The van der Waals surface area contributed by atoms with Gasteiger partial charge < -0.3 is 23.8 Å². The zero-order valence-corrected chi connectivity index (χ0v) is 16.8. The molecule has 2 aromatic rings. The van der Waals surface area contributed by atoms with Gasteiger partial charge in [0, 0.05) is 15.8 Å². The lowest BCUT2D eigenvalue weighted by Crippen LogP contribution is -2.38. The SMILES string of the molecule is COC(=O)C1=C(C(=O)OC)N(c2ccc3c(Cl)c(C(=O)OC)sc3c2)COC1. The third-order valence-electron chi connectivity index (χ3n) is 4.13. The van der Waals surface area contributed by atoms with Gasteiger partial charge >= 0.3 is 17.9 Å². The Morgan fingerprint density at radius 2 is 1.75 bits per heavy atom. The van der Waals surface area contributed by atoms with Crippen molar-refractivity contribution in [2.45, 2.75) is 0 Å². The summed E-state index contributed by atoms with van der Waals surface area (Å²) in [6.07, 6.45) is 0. The maximum absolute atomic E-state index is 12.4. The number of benzene rings is 1. The average Bonchev–Trinajstić information content (AvgIpc) is 3.07. The summed E-state index contributed by atoms with van der Waals surface area (Å²) < 4.78 is 20.5. The quantitative estimate of drug-likeness (QED) is 0.545. The molecule has 3 rings (SSSR count). The Labute approximate surface area is 169 Å².